The number of anilines is 1. The van der Waals surface area contributed by atoms with Crippen molar-refractivity contribution in [2.45, 2.75) is 11.7 Å². The molecule has 0 atom stereocenters. The van der Waals surface area contributed by atoms with E-state index in [0.717, 1.165) is 5.56 Å². The Morgan fingerprint density at radius 3 is 2.46 bits per heavy atom. The molecule has 2 aromatic carbocycles. The number of nitrogens with zero attached hydrogens (tertiary/aromatic N) is 3. The zero-order chi connectivity index (χ0) is 27.9. The van der Waals surface area contributed by atoms with Crippen molar-refractivity contribution >= 4 is 40.0 Å². The number of thiophene rings is 1. The molecule has 0 aliphatic rings. The molecule has 12 heteroatoms. The van der Waals surface area contributed by atoms with Crippen molar-refractivity contribution in [1.82, 2.24) is 14.8 Å². The lowest BCUT2D eigenvalue weighted by Gasteiger charge is -2.11. The lowest BCUT2D eigenvalue weighted by molar-refractivity contribution is -0.113. The number of methoxy groups -OCH3 is 3. The van der Waals surface area contributed by atoms with Crippen LogP contribution in [-0.4, -0.2) is 53.7 Å². The number of hydrogen-bond donors (Lipinski definition) is 1. The number of thioether (sulfide) groups is 1. The number of rotatable bonds is 11. The van der Waals surface area contributed by atoms with Crippen molar-refractivity contribution in [3.63, 3.8) is 0 Å². The van der Waals surface area contributed by atoms with Crippen molar-refractivity contribution < 1.29 is 28.2 Å². The Bertz CT molecular complexity index is 1500. The molecule has 0 unspecified atom stereocenters. The largest absolute Gasteiger partial charge is 0.493 e. The number of benzene rings is 2. The van der Waals surface area contributed by atoms with E-state index in [2.05, 4.69) is 22.1 Å². The van der Waals surface area contributed by atoms with Crippen molar-refractivity contribution in [2.75, 3.05) is 32.4 Å². The molecular formula is C27H25FN4O5S2. The molecule has 4 rings (SSSR count). The molecule has 0 spiro atoms. The summed E-state index contributed by atoms with van der Waals surface area (Å²) < 4.78 is 30.9. The van der Waals surface area contributed by atoms with Gasteiger partial charge in [-0.15, -0.1) is 28.1 Å². The average molecular weight is 569 g/mol. The number of carbonyl (C=O) groups excluding carboxylic acids is 2. The Morgan fingerprint density at radius 1 is 1.08 bits per heavy atom. The first-order valence-corrected chi connectivity index (χ1v) is 13.4. The number of carbonyl (C=O) groups is 2. The number of halogens is 1. The molecule has 4 aromatic rings. The van der Waals surface area contributed by atoms with Crippen molar-refractivity contribution in [3.8, 4) is 34.0 Å². The minimum absolute atomic E-state index is 0.00556. The summed E-state index contributed by atoms with van der Waals surface area (Å²) in [6, 6.07) is 11.2. The van der Waals surface area contributed by atoms with Crippen LogP contribution in [0.5, 0.6) is 11.5 Å². The van der Waals surface area contributed by atoms with Crippen LogP contribution in [0.15, 0.2) is 65.7 Å². The topological polar surface area (TPSA) is 105 Å². The van der Waals surface area contributed by atoms with Crippen LogP contribution in [0.4, 0.5) is 9.39 Å². The molecule has 9 nitrogen and oxygen atoms in total. The minimum Gasteiger partial charge on any atom is -0.493 e. The first kappa shape index (κ1) is 27.9. The Kier molecular flexibility index (Phi) is 8.99. The van der Waals surface area contributed by atoms with Gasteiger partial charge in [-0.3, -0.25) is 9.36 Å². The predicted molar refractivity (Wildman–Crippen MR) is 149 cm³/mol. The molecule has 0 aliphatic carbocycles. The van der Waals surface area contributed by atoms with E-state index in [1.165, 1.54) is 42.3 Å². The summed E-state index contributed by atoms with van der Waals surface area (Å²) in [6.45, 7) is 4.23. The standard InChI is InChI=1S/C27H25FN4O5S2/c1-5-12-32-24(17-8-11-20(35-2)21(13-17)36-3)30-31-27(32)39-15-22(33)29-25-23(26(34)37-4)19(14-38-25)16-6-9-18(28)10-7-16/h5-11,13-14H,1,12,15H2,2-4H3,(H,29,33). The van der Waals surface area contributed by atoms with Crippen LogP contribution in [0.25, 0.3) is 22.5 Å². The summed E-state index contributed by atoms with van der Waals surface area (Å²) in [4.78, 5) is 25.5. The Hall–Kier alpha value is -4.16. The molecule has 1 amide bonds. The molecule has 0 radical (unpaired) electrons. The molecule has 0 aliphatic heterocycles. The molecule has 39 heavy (non-hydrogen) atoms. The Labute approximate surface area is 232 Å². The van der Waals surface area contributed by atoms with Crippen molar-refractivity contribution in [2.24, 2.45) is 0 Å². The molecule has 0 bridgehead atoms. The highest BCUT2D eigenvalue weighted by atomic mass is 32.2. The van der Waals surface area contributed by atoms with Gasteiger partial charge in [0.25, 0.3) is 0 Å². The number of hydrogen-bond acceptors (Lipinski definition) is 9. The van der Waals surface area contributed by atoms with Gasteiger partial charge in [-0.25, -0.2) is 9.18 Å². The van der Waals surface area contributed by atoms with Crippen LogP contribution in [0.3, 0.4) is 0 Å². The van der Waals surface area contributed by atoms with Crippen molar-refractivity contribution in [3.05, 3.63) is 71.9 Å². The summed E-state index contributed by atoms with van der Waals surface area (Å²) >= 11 is 2.38. The van der Waals surface area contributed by atoms with Gasteiger partial charge in [0.2, 0.25) is 5.91 Å². The summed E-state index contributed by atoms with van der Waals surface area (Å²) in [7, 11) is 4.38. The second-order valence-corrected chi connectivity index (χ2v) is 9.79. The van der Waals surface area contributed by atoms with E-state index in [0.29, 0.717) is 45.2 Å². The number of aromatic nitrogens is 3. The Balaban J connectivity index is 1.53. The van der Waals surface area contributed by atoms with Gasteiger partial charge < -0.3 is 19.5 Å². The van der Waals surface area contributed by atoms with Gasteiger partial charge in [0.1, 0.15) is 16.4 Å². The molecule has 202 valence electrons. The number of ether oxygens (including phenoxy) is 3. The fourth-order valence-corrected chi connectivity index (χ4v) is 5.49. The number of amides is 1. The summed E-state index contributed by atoms with van der Waals surface area (Å²) in [5, 5.41) is 14.0. The van der Waals surface area contributed by atoms with E-state index in [1.807, 2.05) is 10.6 Å². The Morgan fingerprint density at radius 2 is 1.79 bits per heavy atom. The van der Waals surface area contributed by atoms with Gasteiger partial charge in [-0.1, -0.05) is 30.0 Å². The fraction of sp³-hybridized carbons (Fsp3) is 0.185. The SMILES string of the molecule is C=CCn1c(SCC(=O)Nc2scc(-c3ccc(F)cc3)c2C(=O)OC)nnc1-c1ccc(OC)c(OC)c1. The molecule has 2 aromatic heterocycles. The van der Waals surface area contributed by atoms with E-state index >= 15 is 0 Å². The quantitative estimate of drug-likeness (QED) is 0.143. The molecule has 0 saturated heterocycles. The average Bonchev–Trinajstić information content (AvgIpc) is 3.55. The van der Waals surface area contributed by atoms with Gasteiger partial charge in [-0.2, -0.15) is 0 Å². The van der Waals surface area contributed by atoms with Crippen LogP contribution in [-0.2, 0) is 16.1 Å². The third kappa shape index (κ3) is 6.13. The number of esters is 1. The highest BCUT2D eigenvalue weighted by Gasteiger charge is 2.23. The second-order valence-electron chi connectivity index (χ2n) is 7.96. The minimum atomic E-state index is -0.608. The summed E-state index contributed by atoms with van der Waals surface area (Å²) in [5.41, 5.74) is 2.13. The molecular weight excluding hydrogens is 543 g/mol. The fourth-order valence-electron chi connectivity index (χ4n) is 3.77. The monoisotopic (exact) mass is 568 g/mol. The van der Waals surface area contributed by atoms with Crippen LogP contribution < -0.4 is 14.8 Å². The normalized spacial score (nSPS) is 10.7. The summed E-state index contributed by atoms with van der Waals surface area (Å²) in [6.07, 6.45) is 1.71. The van der Waals surface area contributed by atoms with E-state index in [-0.39, 0.29) is 17.2 Å². The number of nitrogens with one attached hydrogen (secondary N) is 1. The third-order valence-corrected chi connectivity index (χ3v) is 7.45. The number of allylic oxidation sites excluding steroid dienone is 1. The van der Waals surface area contributed by atoms with Crippen molar-refractivity contribution in [1.29, 1.82) is 0 Å². The molecule has 1 N–H and O–H groups in total. The molecule has 0 fully saturated rings. The molecule has 2 heterocycles. The zero-order valence-electron chi connectivity index (χ0n) is 21.4. The van der Waals surface area contributed by atoms with Crippen LogP contribution in [0.2, 0.25) is 0 Å². The van der Waals surface area contributed by atoms with Gasteiger partial charge in [0.05, 0.1) is 27.1 Å². The van der Waals surface area contributed by atoms with Gasteiger partial charge in [-0.05, 0) is 35.9 Å². The predicted octanol–water partition coefficient (Wildman–Crippen LogP) is 5.53. The molecule has 0 saturated carbocycles. The van der Waals surface area contributed by atoms with Gasteiger partial charge in [0, 0.05) is 23.1 Å². The third-order valence-electron chi connectivity index (χ3n) is 5.59. The van der Waals surface area contributed by atoms with Gasteiger partial charge in [0.15, 0.2) is 22.5 Å². The maximum absolute atomic E-state index is 13.4. The lowest BCUT2D eigenvalue weighted by atomic mass is 10.0. The van der Waals surface area contributed by atoms with E-state index in [4.69, 9.17) is 14.2 Å². The summed E-state index contributed by atoms with van der Waals surface area (Å²) in [5.74, 6) is 0.374. The van der Waals surface area contributed by atoms with Gasteiger partial charge >= 0.3 is 5.97 Å². The first-order valence-electron chi connectivity index (χ1n) is 11.5. The smallest absolute Gasteiger partial charge is 0.341 e. The van der Waals surface area contributed by atoms with E-state index in [1.54, 1.807) is 49.9 Å². The second kappa shape index (κ2) is 12.6. The van der Waals surface area contributed by atoms with Crippen LogP contribution in [0, 0.1) is 5.82 Å². The van der Waals surface area contributed by atoms with Crippen LogP contribution >= 0.6 is 23.1 Å². The van der Waals surface area contributed by atoms with Crippen LogP contribution in [0.1, 0.15) is 10.4 Å². The maximum Gasteiger partial charge on any atom is 0.341 e. The highest BCUT2D eigenvalue weighted by molar-refractivity contribution is 7.99. The maximum atomic E-state index is 13.4. The lowest BCUT2D eigenvalue weighted by Crippen LogP contribution is -2.16. The highest BCUT2D eigenvalue weighted by Crippen LogP contribution is 2.37. The first-order chi connectivity index (χ1) is 18.9. The zero-order valence-corrected chi connectivity index (χ0v) is 23.0. The van der Waals surface area contributed by atoms with E-state index < -0.39 is 11.8 Å². The van der Waals surface area contributed by atoms with E-state index in [9.17, 15) is 14.0 Å².